The van der Waals surface area contributed by atoms with Gasteiger partial charge in [0.2, 0.25) is 0 Å². The van der Waals surface area contributed by atoms with Gasteiger partial charge >= 0.3 is 0 Å². The average molecular weight is 265 g/mol. The fourth-order valence-electron chi connectivity index (χ4n) is 1.54. The largest absolute Gasteiger partial charge is 0.409 e. The summed E-state index contributed by atoms with van der Waals surface area (Å²) in [6, 6.07) is 1.65. The van der Waals surface area contributed by atoms with Crippen LogP contribution < -0.4 is 11.1 Å². The van der Waals surface area contributed by atoms with Crippen molar-refractivity contribution in [1.29, 1.82) is 0 Å². The van der Waals surface area contributed by atoms with Gasteiger partial charge in [-0.3, -0.25) is 4.79 Å². The summed E-state index contributed by atoms with van der Waals surface area (Å²) in [5.41, 5.74) is 6.31. The maximum absolute atomic E-state index is 12.2. The van der Waals surface area contributed by atoms with Crippen molar-refractivity contribution in [3.05, 3.63) is 23.0 Å². The van der Waals surface area contributed by atoms with E-state index in [1.165, 1.54) is 0 Å². The highest BCUT2D eigenvalue weighted by Gasteiger charge is 2.30. The van der Waals surface area contributed by atoms with E-state index >= 15 is 0 Å². The summed E-state index contributed by atoms with van der Waals surface area (Å²) in [6.07, 6.45) is 0.491. The van der Waals surface area contributed by atoms with Gasteiger partial charge in [0.05, 0.1) is 22.5 Å². The molecule has 0 radical (unpaired) electrons. The highest BCUT2D eigenvalue weighted by Crippen LogP contribution is 2.12. The third-order valence-corrected chi connectivity index (χ3v) is 3.11. The van der Waals surface area contributed by atoms with Crippen LogP contribution in [0.3, 0.4) is 0 Å². The number of aryl methyl sites for hydroxylation is 2. The second-order valence-electron chi connectivity index (χ2n) is 4.61. The number of hydrogen-bond donors (Lipinski definition) is 3. The van der Waals surface area contributed by atoms with Crippen LogP contribution >= 0.6 is 0 Å². The zero-order valence-electron chi connectivity index (χ0n) is 11.6. The van der Waals surface area contributed by atoms with Crippen LogP contribution in [0.5, 0.6) is 0 Å². The van der Waals surface area contributed by atoms with Crippen LogP contribution in [0.2, 0.25) is 0 Å². The normalized spacial score (nSPS) is 14.8. The Balaban J connectivity index is 3.05. The van der Waals surface area contributed by atoms with Crippen LogP contribution in [-0.2, 0) is 0 Å². The van der Waals surface area contributed by atoms with Crippen molar-refractivity contribution in [3.8, 4) is 0 Å². The van der Waals surface area contributed by atoms with E-state index in [-0.39, 0.29) is 11.7 Å². The summed E-state index contributed by atoms with van der Waals surface area (Å²) in [5, 5.41) is 22.3. The van der Waals surface area contributed by atoms with Crippen molar-refractivity contribution in [3.63, 3.8) is 0 Å². The fraction of sp³-hybridized carbons (Fsp3) is 0.500. The lowest BCUT2D eigenvalue weighted by atomic mass is 9.96. The molecule has 0 saturated carbocycles. The van der Waals surface area contributed by atoms with Crippen LogP contribution in [-0.4, -0.2) is 32.7 Å². The summed E-state index contributed by atoms with van der Waals surface area (Å²) >= 11 is 0. The first kappa shape index (κ1) is 14.9. The molecule has 0 aliphatic rings. The molecule has 7 heteroatoms. The minimum Gasteiger partial charge on any atom is -0.409 e. The van der Waals surface area contributed by atoms with Crippen molar-refractivity contribution in [2.45, 2.75) is 39.7 Å². The van der Waals surface area contributed by atoms with Crippen molar-refractivity contribution in [2.24, 2.45) is 10.9 Å². The molecule has 1 aromatic rings. The Morgan fingerprint density at radius 2 is 2.16 bits per heavy atom. The number of rotatable bonds is 4. The number of carbonyl (C=O) groups is 1. The van der Waals surface area contributed by atoms with Gasteiger partial charge in [0.25, 0.3) is 5.91 Å². The Morgan fingerprint density at radius 1 is 1.53 bits per heavy atom. The summed E-state index contributed by atoms with van der Waals surface area (Å²) in [6.45, 7) is 6.98. The minimum absolute atomic E-state index is 0.0419. The molecule has 1 heterocycles. The Morgan fingerprint density at radius 3 is 2.68 bits per heavy atom. The molecule has 0 aliphatic heterocycles. The Kier molecular flexibility index (Phi) is 4.42. The van der Waals surface area contributed by atoms with E-state index in [1.54, 1.807) is 26.8 Å². The van der Waals surface area contributed by atoms with Gasteiger partial charge in [0, 0.05) is 0 Å². The molecule has 1 aromatic heterocycles. The second-order valence-corrected chi connectivity index (χ2v) is 4.61. The maximum atomic E-state index is 12.2. The number of amidine groups is 1. The number of carbonyl (C=O) groups excluding carboxylic acids is 1. The lowest BCUT2D eigenvalue weighted by Crippen LogP contribution is -2.55. The predicted octanol–water partition coefficient (Wildman–Crippen LogP) is 0.738. The van der Waals surface area contributed by atoms with Gasteiger partial charge in [-0.05, 0) is 33.3 Å². The van der Waals surface area contributed by atoms with Crippen molar-refractivity contribution in [1.82, 2.24) is 15.5 Å². The first-order chi connectivity index (χ1) is 8.84. The Bertz CT molecular complexity index is 515. The van der Waals surface area contributed by atoms with Gasteiger partial charge < -0.3 is 16.3 Å². The minimum atomic E-state index is -0.907. The molecule has 0 bridgehead atoms. The molecular weight excluding hydrogens is 246 g/mol. The van der Waals surface area contributed by atoms with Crippen LogP contribution in [0.15, 0.2) is 11.2 Å². The molecule has 104 valence electrons. The van der Waals surface area contributed by atoms with Crippen LogP contribution in [0.25, 0.3) is 0 Å². The molecule has 19 heavy (non-hydrogen) atoms. The molecular formula is C12H19N5O2. The molecule has 0 saturated heterocycles. The first-order valence-electron chi connectivity index (χ1n) is 5.95. The van der Waals surface area contributed by atoms with E-state index in [2.05, 4.69) is 20.7 Å². The summed E-state index contributed by atoms with van der Waals surface area (Å²) < 4.78 is 0. The molecule has 1 atom stereocenters. The van der Waals surface area contributed by atoms with Crippen molar-refractivity contribution >= 4 is 11.7 Å². The second kappa shape index (κ2) is 5.64. The Hall–Kier alpha value is -2.18. The molecule has 1 amide bonds. The number of oxime groups is 1. The average Bonchev–Trinajstić information content (AvgIpc) is 2.40. The SMILES string of the molecule is CCC(C)(NC(=O)c1cc(C)nnc1C)/C(N)=N/O. The molecule has 0 spiro atoms. The van der Waals surface area contributed by atoms with Gasteiger partial charge in [-0.2, -0.15) is 10.2 Å². The van der Waals surface area contributed by atoms with Gasteiger partial charge in [-0.15, -0.1) is 0 Å². The number of aromatic nitrogens is 2. The number of hydrogen-bond acceptors (Lipinski definition) is 5. The zero-order chi connectivity index (χ0) is 14.6. The summed E-state index contributed by atoms with van der Waals surface area (Å²) in [7, 11) is 0. The quantitative estimate of drug-likeness (QED) is 0.321. The molecule has 7 nitrogen and oxygen atoms in total. The lowest BCUT2D eigenvalue weighted by Gasteiger charge is -2.28. The van der Waals surface area contributed by atoms with E-state index in [1.807, 2.05) is 6.92 Å². The number of amides is 1. The van der Waals surface area contributed by atoms with E-state index < -0.39 is 5.54 Å². The summed E-state index contributed by atoms with van der Waals surface area (Å²) in [4.78, 5) is 12.2. The van der Waals surface area contributed by atoms with Crippen molar-refractivity contribution < 1.29 is 10.0 Å². The van der Waals surface area contributed by atoms with E-state index in [9.17, 15) is 4.79 Å². The molecule has 0 aromatic carbocycles. The van der Waals surface area contributed by atoms with E-state index in [4.69, 9.17) is 10.9 Å². The highest BCUT2D eigenvalue weighted by molar-refractivity contribution is 6.00. The van der Waals surface area contributed by atoms with Crippen molar-refractivity contribution in [2.75, 3.05) is 0 Å². The number of nitrogens with one attached hydrogen (secondary N) is 1. The zero-order valence-corrected chi connectivity index (χ0v) is 11.6. The fourth-order valence-corrected chi connectivity index (χ4v) is 1.54. The molecule has 0 aliphatic carbocycles. The first-order valence-corrected chi connectivity index (χ1v) is 5.95. The molecule has 1 unspecified atom stereocenters. The molecule has 0 fully saturated rings. The van der Waals surface area contributed by atoms with Gasteiger partial charge in [0.15, 0.2) is 5.84 Å². The topological polar surface area (TPSA) is 113 Å². The van der Waals surface area contributed by atoms with Gasteiger partial charge in [0.1, 0.15) is 0 Å². The third-order valence-electron chi connectivity index (χ3n) is 3.11. The standard InChI is InChI=1S/C12H19N5O2/c1-5-12(4,11(13)17-19)14-10(18)9-6-7(2)15-16-8(9)3/h6,19H,5H2,1-4H3,(H2,13,17)(H,14,18). The van der Waals surface area contributed by atoms with E-state index in [0.717, 1.165) is 0 Å². The lowest BCUT2D eigenvalue weighted by molar-refractivity contribution is 0.0923. The Labute approximate surface area is 111 Å². The molecule has 4 N–H and O–H groups in total. The maximum Gasteiger partial charge on any atom is 0.254 e. The number of nitrogens with zero attached hydrogens (tertiary/aromatic N) is 3. The molecule has 1 rings (SSSR count). The van der Waals surface area contributed by atoms with Gasteiger partial charge in [-0.25, -0.2) is 0 Å². The van der Waals surface area contributed by atoms with Crippen LogP contribution in [0, 0.1) is 13.8 Å². The van der Waals surface area contributed by atoms with Gasteiger partial charge in [-0.1, -0.05) is 12.1 Å². The summed E-state index contributed by atoms with van der Waals surface area (Å²) in [5.74, 6) is -0.369. The van der Waals surface area contributed by atoms with Crippen LogP contribution in [0.4, 0.5) is 0 Å². The predicted molar refractivity (Wildman–Crippen MR) is 71.1 cm³/mol. The highest BCUT2D eigenvalue weighted by atomic mass is 16.4. The monoisotopic (exact) mass is 265 g/mol. The van der Waals surface area contributed by atoms with Crippen LogP contribution in [0.1, 0.15) is 42.0 Å². The number of nitrogens with two attached hydrogens (primary N) is 1. The smallest absolute Gasteiger partial charge is 0.254 e. The third kappa shape index (κ3) is 3.18. The van der Waals surface area contributed by atoms with E-state index in [0.29, 0.717) is 23.4 Å².